The smallest absolute Gasteiger partial charge is 0.326 e. The molecule has 0 heterocycles. The van der Waals surface area contributed by atoms with Gasteiger partial charge < -0.3 is 14.7 Å². The van der Waals surface area contributed by atoms with E-state index in [4.69, 9.17) is 33.0 Å². The van der Waals surface area contributed by atoms with Gasteiger partial charge in [-0.25, -0.2) is 4.79 Å². The molecule has 0 aliphatic rings. The van der Waals surface area contributed by atoms with E-state index in [0.717, 1.165) is 0 Å². The van der Waals surface area contributed by atoms with E-state index in [1.807, 2.05) is 0 Å². The zero-order valence-electron chi connectivity index (χ0n) is 11.8. The fourth-order valence-electron chi connectivity index (χ4n) is 1.56. The van der Waals surface area contributed by atoms with E-state index in [1.54, 1.807) is 18.2 Å². The molecule has 0 aromatic heterocycles. The number of nitrogens with zero attached hydrogens (tertiary/aromatic N) is 1. The van der Waals surface area contributed by atoms with Gasteiger partial charge in [0.2, 0.25) is 5.91 Å². The van der Waals surface area contributed by atoms with E-state index in [2.05, 4.69) is 0 Å². The summed E-state index contributed by atoms with van der Waals surface area (Å²) in [6, 6.07) is 4.22. The van der Waals surface area contributed by atoms with Crippen molar-refractivity contribution in [2.24, 2.45) is 0 Å². The molecule has 1 rings (SSSR count). The topological polar surface area (TPSA) is 66.8 Å². The summed E-state index contributed by atoms with van der Waals surface area (Å²) < 4.78 is 5.45. The lowest BCUT2D eigenvalue weighted by Crippen LogP contribution is -2.40. The van der Waals surface area contributed by atoms with Crippen LogP contribution < -0.4 is 4.74 Å². The summed E-state index contributed by atoms with van der Waals surface area (Å²) in [6.45, 7) is 1.75. The lowest BCUT2D eigenvalue weighted by atomic mass is 10.2. The van der Waals surface area contributed by atoms with E-state index in [-0.39, 0.29) is 12.3 Å². The van der Waals surface area contributed by atoms with Gasteiger partial charge in [-0.15, -0.1) is 0 Å². The molecule has 0 spiro atoms. The Morgan fingerprint density at radius 2 is 2.05 bits per heavy atom. The summed E-state index contributed by atoms with van der Waals surface area (Å²) in [5, 5.41) is 9.57. The molecule has 1 aromatic carbocycles. The van der Waals surface area contributed by atoms with Gasteiger partial charge in [0, 0.05) is 13.5 Å². The van der Waals surface area contributed by atoms with Gasteiger partial charge in [0.25, 0.3) is 0 Å². The van der Waals surface area contributed by atoms with Crippen molar-refractivity contribution in [3.63, 3.8) is 0 Å². The minimum Gasteiger partial charge on any atom is -0.492 e. The summed E-state index contributed by atoms with van der Waals surface area (Å²) in [7, 11) is 1.47. The van der Waals surface area contributed by atoms with Crippen LogP contribution >= 0.6 is 23.2 Å². The number of carboxylic acid groups (broad SMARTS) is 1. The lowest BCUT2D eigenvalue weighted by molar-refractivity contribution is -0.148. The molecule has 1 amide bonds. The van der Waals surface area contributed by atoms with Crippen molar-refractivity contribution in [1.29, 1.82) is 0 Å². The van der Waals surface area contributed by atoms with Crippen molar-refractivity contribution in [3.8, 4) is 5.75 Å². The molecule has 1 aromatic rings. The maximum atomic E-state index is 11.8. The van der Waals surface area contributed by atoms with Gasteiger partial charge in [0.1, 0.15) is 16.8 Å². The highest BCUT2D eigenvalue weighted by molar-refractivity contribution is 6.42. The van der Waals surface area contributed by atoms with E-state index < -0.39 is 12.0 Å². The first-order valence-corrected chi connectivity index (χ1v) is 7.15. The number of amides is 1. The third kappa shape index (κ3) is 5.10. The maximum absolute atomic E-state index is 11.8. The Morgan fingerprint density at radius 1 is 1.38 bits per heavy atom. The van der Waals surface area contributed by atoms with E-state index in [0.29, 0.717) is 28.8 Å². The third-order valence-corrected chi connectivity index (χ3v) is 3.84. The number of likely N-dealkylation sites (N-methyl/N-ethyl adjacent to an activating group) is 1. The molecule has 0 bridgehead atoms. The molecule has 7 heteroatoms. The summed E-state index contributed by atoms with van der Waals surface area (Å²) in [5.74, 6) is -0.817. The fourth-order valence-corrected chi connectivity index (χ4v) is 1.91. The normalized spacial score (nSPS) is 11.8. The summed E-state index contributed by atoms with van der Waals surface area (Å²) in [4.78, 5) is 23.8. The Hall–Kier alpha value is -1.46. The third-order valence-electron chi connectivity index (χ3n) is 3.04. The highest BCUT2D eigenvalue weighted by Gasteiger charge is 2.21. The van der Waals surface area contributed by atoms with Crippen LogP contribution in [-0.2, 0) is 9.59 Å². The average molecular weight is 334 g/mol. The highest BCUT2D eigenvalue weighted by Crippen LogP contribution is 2.31. The number of hydrogen-bond donors (Lipinski definition) is 1. The second-order valence-corrected chi connectivity index (χ2v) is 5.31. The van der Waals surface area contributed by atoms with Gasteiger partial charge in [0.05, 0.1) is 11.6 Å². The monoisotopic (exact) mass is 333 g/mol. The predicted octanol–water partition coefficient (Wildman–Crippen LogP) is 3.08. The first kappa shape index (κ1) is 17.6. The van der Waals surface area contributed by atoms with Gasteiger partial charge in [-0.2, -0.15) is 0 Å². The maximum Gasteiger partial charge on any atom is 0.326 e. The molecular weight excluding hydrogens is 317 g/mol. The largest absolute Gasteiger partial charge is 0.492 e. The molecule has 5 nitrogen and oxygen atoms in total. The van der Waals surface area contributed by atoms with Crippen molar-refractivity contribution < 1.29 is 19.4 Å². The predicted molar refractivity (Wildman–Crippen MR) is 81.1 cm³/mol. The van der Waals surface area contributed by atoms with Crippen LogP contribution in [0.15, 0.2) is 18.2 Å². The number of ether oxygens (including phenoxy) is 1. The SMILES string of the molecule is CC(C(=O)O)N(C)C(=O)CCCOc1cccc(Cl)c1Cl. The molecule has 0 saturated carbocycles. The van der Waals surface area contributed by atoms with Crippen LogP contribution in [-0.4, -0.2) is 41.6 Å². The van der Waals surface area contributed by atoms with Crippen molar-refractivity contribution in [1.82, 2.24) is 4.90 Å². The Kier molecular flexibility index (Phi) is 6.78. The standard InChI is InChI=1S/C14H17Cl2NO4/c1-9(14(19)20)17(2)12(18)7-4-8-21-11-6-3-5-10(15)13(11)16/h3,5-6,9H,4,7-8H2,1-2H3,(H,19,20). The zero-order chi connectivity index (χ0) is 16.0. The Bertz CT molecular complexity index is 522. The summed E-state index contributed by atoms with van der Waals surface area (Å²) >= 11 is 11.8. The van der Waals surface area contributed by atoms with Crippen LogP contribution in [0.1, 0.15) is 19.8 Å². The van der Waals surface area contributed by atoms with Crippen LogP contribution in [0.2, 0.25) is 10.0 Å². The van der Waals surface area contributed by atoms with E-state index >= 15 is 0 Å². The number of carbonyl (C=O) groups is 2. The molecule has 0 fully saturated rings. The van der Waals surface area contributed by atoms with Gasteiger partial charge in [-0.3, -0.25) is 4.79 Å². The Labute approximate surface area is 133 Å². The Morgan fingerprint density at radius 3 is 2.67 bits per heavy atom. The molecular formula is C14H17Cl2NO4. The molecule has 1 atom stereocenters. The molecule has 1 unspecified atom stereocenters. The first-order chi connectivity index (χ1) is 9.84. The second-order valence-electron chi connectivity index (χ2n) is 4.52. The first-order valence-electron chi connectivity index (χ1n) is 6.40. The zero-order valence-corrected chi connectivity index (χ0v) is 13.3. The van der Waals surface area contributed by atoms with Gasteiger partial charge in [0.15, 0.2) is 0 Å². The second kappa shape index (κ2) is 8.10. The minimum atomic E-state index is -1.03. The van der Waals surface area contributed by atoms with Crippen LogP contribution in [0.5, 0.6) is 5.75 Å². The summed E-state index contributed by atoms with van der Waals surface area (Å²) in [5.41, 5.74) is 0. The van der Waals surface area contributed by atoms with Crippen molar-refractivity contribution in [2.75, 3.05) is 13.7 Å². The quantitative estimate of drug-likeness (QED) is 0.778. The molecule has 116 valence electrons. The van der Waals surface area contributed by atoms with E-state index in [1.165, 1.54) is 18.9 Å². The van der Waals surface area contributed by atoms with Crippen LogP contribution in [0.25, 0.3) is 0 Å². The molecule has 0 aliphatic heterocycles. The fraction of sp³-hybridized carbons (Fsp3) is 0.429. The number of hydrogen-bond acceptors (Lipinski definition) is 3. The molecule has 21 heavy (non-hydrogen) atoms. The molecule has 0 aliphatic carbocycles. The number of rotatable bonds is 7. The molecule has 0 saturated heterocycles. The number of aliphatic carboxylic acids is 1. The molecule has 1 N–H and O–H groups in total. The molecule has 0 radical (unpaired) electrons. The number of carbonyl (C=O) groups excluding carboxylic acids is 1. The number of benzene rings is 1. The summed E-state index contributed by atoms with van der Waals surface area (Å²) in [6.07, 6.45) is 0.657. The highest BCUT2D eigenvalue weighted by atomic mass is 35.5. The van der Waals surface area contributed by atoms with Crippen molar-refractivity contribution in [2.45, 2.75) is 25.8 Å². The van der Waals surface area contributed by atoms with Crippen molar-refractivity contribution in [3.05, 3.63) is 28.2 Å². The van der Waals surface area contributed by atoms with E-state index in [9.17, 15) is 9.59 Å². The van der Waals surface area contributed by atoms with Crippen LogP contribution in [0.3, 0.4) is 0 Å². The van der Waals surface area contributed by atoms with Crippen LogP contribution in [0.4, 0.5) is 0 Å². The van der Waals surface area contributed by atoms with Gasteiger partial charge in [-0.05, 0) is 25.5 Å². The van der Waals surface area contributed by atoms with Gasteiger partial charge >= 0.3 is 5.97 Å². The Balaban J connectivity index is 2.39. The average Bonchev–Trinajstić information content (AvgIpc) is 2.45. The number of carboxylic acids is 1. The van der Waals surface area contributed by atoms with Crippen LogP contribution in [0, 0.1) is 0 Å². The van der Waals surface area contributed by atoms with Crippen molar-refractivity contribution >= 4 is 35.1 Å². The van der Waals surface area contributed by atoms with Gasteiger partial charge in [-0.1, -0.05) is 29.3 Å². The lowest BCUT2D eigenvalue weighted by Gasteiger charge is -2.21. The minimum absolute atomic E-state index is 0.201. The number of halogens is 2.